The second kappa shape index (κ2) is 8.44. The lowest BCUT2D eigenvalue weighted by Gasteiger charge is -2.14. The van der Waals surface area contributed by atoms with Gasteiger partial charge >= 0.3 is 5.97 Å². The molecule has 1 aromatic carbocycles. The number of methoxy groups -OCH3 is 1. The van der Waals surface area contributed by atoms with E-state index < -0.39 is 17.4 Å². The predicted octanol–water partition coefficient (Wildman–Crippen LogP) is 3.06. The normalized spacial score (nSPS) is 10.9. The molecule has 29 heavy (non-hydrogen) atoms. The van der Waals surface area contributed by atoms with Gasteiger partial charge in [-0.2, -0.15) is 0 Å². The van der Waals surface area contributed by atoms with Crippen molar-refractivity contribution < 1.29 is 19.4 Å². The second-order valence-corrected chi connectivity index (χ2v) is 7.41. The Bertz CT molecular complexity index is 1150. The van der Waals surface area contributed by atoms with Crippen LogP contribution in [0.5, 0.6) is 5.75 Å². The van der Waals surface area contributed by atoms with Crippen molar-refractivity contribution in [2.75, 3.05) is 12.4 Å². The summed E-state index contributed by atoms with van der Waals surface area (Å²) in [6, 6.07) is 5.38. The molecule has 3 aromatic rings. The van der Waals surface area contributed by atoms with Gasteiger partial charge in [-0.05, 0) is 31.0 Å². The summed E-state index contributed by atoms with van der Waals surface area (Å²) < 4.78 is 6.52. The van der Waals surface area contributed by atoms with E-state index in [0.717, 1.165) is 23.3 Å². The van der Waals surface area contributed by atoms with E-state index in [4.69, 9.17) is 4.74 Å². The number of amides is 1. The molecule has 2 N–H and O–H groups in total. The number of rotatable bonds is 7. The van der Waals surface area contributed by atoms with Gasteiger partial charge in [-0.15, -0.1) is 11.3 Å². The fourth-order valence-electron chi connectivity index (χ4n) is 3.05. The number of nitrogens with one attached hydrogen (secondary N) is 1. The summed E-state index contributed by atoms with van der Waals surface area (Å²) in [4.78, 5) is 42.0. The molecule has 0 atom stereocenters. The average Bonchev–Trinajstić information content (AvgIpc) is 3.09. The van der Waals surface area contributed by atoms with Crippen LogP contribution < -0.4 is 15.6 Å². The van der Waals surface area contributed by atoms with Gasteiger partial charge in [0.1, 0.15) is 22.9 Å². The number of benzene rings is 1. The van der Waals surface area contributed by atoms with Gasteiger partial charge in [0, 0.05) is 11.8 Å². The summed E-state index contributed by atoms with van der Waals surface area (Å²) in [5.41, 5.74) is 0.819. The number of fused-ring (bicyclic) bond motifs is 1. The largest absolute Gasteiger partial charge is 0.495 e. The molecule has 0 bridgehead atoms. The maximum atomic E-state index is 13.0. The highest BCUT2D eigenvalue weighted by molar-refractivity contribution is 7.17. The topological polar surface area (TPSA) is 111 Å². The molecule has 0 aliphatic rings. The average molecular weight is 415 g/mol. The Labute approximate surface area is 170 Å². The fraction of sp³-hybridized carbons (Fsp3) is 0.300. The zero-order chi connectivity index (χ0) is 21.1. The van der Waals surface area contributed by atoms with Gasteiger partial charge in [-0.3, -0.25) is 14.2 Å². The Kier molecular flexibility index (Phi) is 5.97. The molecule has 0 unspecified atom stereocenters. The number of aryl methyl sites for hydroxylation is 2. The molecule has 0 aliphatic carbocycles. The minimum Gasteiger partial charge on any atom is -0.495 e. The lowest BCUT2D eigenvalue weighted by Crippen LogP contribution is -2.31. The molecule has 0 saturated heterocycles. The van der Waals surface area contributed by atoms with E-state index in [0.29, 0.717) is 28.5 Å². The highest BCUT2D eigenvalue weighted by Gasteiger charge is 2.21. The molecule has 2 aromatic heterocycles. The quantitative estimate of drug-likeness (QED) is 0.614. The van der Waals surface area contributed by atoms with E-state index in [1.165, 1.54) is 17.1 Å². The van der Waals surface area contributed by atoms with Crippen LogP contribution in [-0.4, -0.2) is 33.6 Å². The van der Waals surface area contributed by atoms with Crippen molar-refractivity contribution in [2.45, 2.75) is 33.2 Å². The molecule has 0 aliphatic heterocycles. The molecule has 0 saturated carbocycles. The van der Waals surface area contributed by atoms with Crippen LogP contribution in [0.1, 0.15) is 35.1 Å². The van der Waals surface area contributed by atoms with Crippen molar-refractivity contribution in [3.8, 4) is 5.75 Å². The lowest BCUT2D eigenvalue weighted by atomic mass is 10.2. The number of ether oxygens (including phenoxy) is 1. The zero-order valence-electron chi connectivity index (χ0n) is 16.3. The number of carbonyl (C=O) groups excluding carboxylic acids is 1. The summed E-state index contributed by atoms with van der Waals surface area (Å²) in [6.45, 7) is 3.55. The summed E-state index contributed by atoms with van der Waals surface area (Å²) in [7, 11) is 1.51. The molecule has 2 heterocycles. The number of nitrogens with zero attached hydrogens (tertiary/aromatic N) is 2. The number of aromatic nitrogens is 2. The van der Waals surface area contributed by atoms with E-state index in [2.05, 4.69) is 10.3 Å². The Balaban J connectivity index is 2.01. The van der Waals surface area contributed by atoms with Crippen molar-refractivity contribution in [1.29, 1.82) is 0 Å². The zero-order valence-corrected chi connectivity index (χ0v) is 17.1. The highest BCUT2D eigenvalue weighted by atomic mass is 32.1. The maximum absolute atomic E-state index is 13.0. The highest BCUT2D eigenvalue weighted by Crippen LogP contribution is 2.25. The number of thiophene rings is 1. The first-order valence-electron chi connectivity index (χ1n) is 9.04. The maximum Gasteiger partial charge on any atom is 0.337 e. The molecule has 152 valence electrons. The molecule has 0 radical (unpaired) electrons. The third kappa shape index (κ3) is 4.14. The number of anilines is 1. The molecule has 0 spiro atoms. The Hall–Kier alpha value is -3.20. The Morgan fingerprint density at radius 3 is 2.76 bits per heavy atom. The minimum atomic E-state index is -1.20. The standard InChI is InChI=1S/C20H21N3O5S/c1-4-5-15-22-18-17(12(10-29-18)20(26)27)19(25)23(15)9-16(24)21-13-8-11(2)6-7-14(13)28-3/h6-8,10H,4-5,9H2,1-3H3,(H,21,24)(H,26,27). The molecular formula is C20H21N3O5S. The summed E-state index contributed by atoms with van der Waals surface area (Å²) in [5.74, 6) is -0.666. The minimum absolute atomic E-state index is 0.0308. The summed E-state index contributed by atoms with van der Waals surface area (Å²) in [6.07, 6.45) is 1.22. The van der Waals surface area contributed by atoms with Gasteiger partial charge < -0.3 is 15.2 Å². The van der Waals surface area contributed by atoms with Crippen molar-refractivity contribution >= 4 is 39.1 Å². The lowest BCUT2D eigenvalue weighted by molar-refractivity contribution is -0.116. The number of hydrogen-bond acceptors (Lipinski definition) is 6. The molecule has 3 rings (SSSR count). The monoisotopic (exact) mass is 415 g/mol. The van der Waals surface area contributed by atoms with Gasteiger partial charge in [0.2, 0.25) is 5.91 Å². The van der Waals surface area contributed by atoms with Crippen LogP contribution in [-0.2, 0) is 17.8 Å². The summed E-state index contributed by atoms with van der Waals surface area (Å²) in [5, 5.41) is 13.6. The fourth-order valence-corrected chi connectivity index (χ4v) is 3.98. The summed E-state index contributed by atoms with van der Waals surface area (Å²) >= 11 is 1.11. The van der Waals surface area contributed by atoms with Crippen LogP contribution in [0.15, 0.2) is 28.4 Å². The first-order chi connectivity index (χ1) is 13.8. The number of aromatic carboxylic acids is 1. The molecule has 0 fully saturated rings. The van der Waals surface area contributed by atoms with Crippen LogP contribution >= 0.6 is 11.3 Å². The van der Waals surface area contributed by atoms with Gasteiger partial charge in [0.05, 0.1) is 23.7 Å². The number of hydrogen-bond donors (Lipinski definition) is 2. The third-order valence-corrected chi connectivity index (χ3v) is 5.28. The van der Waals surface area contributed by atoms with Gasteiger partial charge in [-0.1, -0.05) is 13.0 Å². The van der Waals surface area contributed by atoms with Crippen molar-refractivity contribution in [1.82, 2.24) is 9.55 Å². The van der Waals surface area contributed by atoms with Crippen LogP contribution in [0, 0.1) is 6.92 Å². The van der Waals surface area contributed by atoms with Gasteiger partial charge in [0.15, 0.2) is 0 Å². The SMILES string of the molecule is CCCc1nc2scc(C(=O)O)c2c(=O)n1CC(=O)Nc1cc(C)ccc1OC. The first-order valence-corrected chi connectivity index (χ1v) is 9.92. The van der Waals surface area contributed by atoms with E-state index >= 15 is 0 Å². The first kappa shape index (κ1) is 20.5. The molecule has 1 amide bonds. The van der Waals surface area contributed by atoms with Crippen LogP contribution in [0.3, 0.4) is 0 Å². The van der Waals surface area contributed by atoms with Crippen molar-refractivity contribution in [3.05, 3.63) is 50.9 Å². The van der Waals surface area contributed by atoms with Crippen LogP contribution in [0.25, 0.3) is 10.2 Å². The smallest absolute Gasteiger partial charge is 0.337 e. The molecular weight excluding hydrogens is 394 g/mol. The second-order valence-electron chi connectivity index (χ2n) is 6.56. The number of carbonyl (C=O) groups is 2. The number of carboxylic acids is 1. The Morgan fingerprint density at radius 2 is 2.10 bits per heavy atom. The van der Waals surface area contributed by atoms with Crippen LogP contribution in [0.4, 0.5) is 5.69 Å². The predicted molar refractivity (Wildman–Crippen MR) is 111 cm³/mol. The van der Waals surface area contributed by atoms with E-state index in [9.17, 15) is 19.5 Å². The van der Waals surface area contributed by atoms with Gasteiger partial charge in [-0.25, -0.2) is 9.78 Å². The number of carboxylic acid groups (broad SMARTS) is 1. The van der Waals surface area contributed by atoms with E-state index in [1.54, 1.807) is 12.1 Å². The molecule has 9 heteroatoms. The Morgan fingerprint density at radius 1 is 1.34 bits per heavy atom. The van der Waals surface area contributed by atoms with Crippen molar-refractivity contribution in [2.24, 2.45) is 0 Å². The van der Waals surface area contributed by atoms with Gasteiger partial charge in [0.25, 0.3) is 5.56 Å². The molecule has 8 nitrogen and oxygen atoms in total. The van der Waals surface area contributed by atoms with Crippen molar-refractivity contribution in [3.63, 3.8) is 0 Å². The van der Waals surface area contributed by atoms with E-state index in [-0.39, 0.29) is 17.5 Å². The van der Waals surface area contributed by atoms with Crippen LogP contribution in [0.2, 0.25) is 0 Å². The van der Waals surface area contributed by atoms with E-state index in [1.807, 2.05) is 19.9 Å². The third-order valence-electron chi connectivity index (χ3n) is 4.41.